The van der Waals surface area contributed by atoms with E-state index in [0.29, 0.717) is 46.1 Å². The molecular weight excluding hydrogens is 464 g/mol. The number of rotatable bonds is 11. The van der Waals surface area contributed by atoms with Crippen molar-refractivity contribution in [2.45, 2.75) is 19.3 Å². The highest BCUT2D eigenvalue weighted by Gasteiger charge is 2.15. The number of phenolic OH excluding ortho intramolecular Hbond substituents is 1. The lowest BCUT2D eigenvalue weighted by Crippen LogP contribution is -2.21. The summed E-state index contributed by atoms with van der Waals surface area (Å²) >= 11 is 0. The molecule has 0 saturated carbocycles. The Balaban J connectivity index is 1.62. The van der Waals surface area contributed by atoms with Gasteiger partial charge >= 0.3 is 5.97 Å². The topological polar surface area (TPSA) is 126 Å². The molecule has 10 nitrogen and oxygen atoms in total. The van der Waals surface area contributed by atoms with Crippen LogP contribution < -0.4 is 19.5 Å². The Morgan fingerprint density at radius 3 is 2.58 bits per heavy atom. The number of likely N-dealkylation sites (tertiary alicyclic amines) is 1. The third kappa shape index (κ3) is 5.95. The van der Waals surface area contributed by atoms with Gasteiger partial charge in [0.2, 0.25) is 0 Å². The van der Waals surface area contributed by atoms with Crippen molar-refractivity contribution in [1.82, 2.24) is 14.9 Å². The van der Waals surface area contributed by atoms with Gasteiger partial charge in [-0.15, -0.1) is 0 Å². The summed E-state index contributed by atoms with van der Waals surface area (Å²) in [5, 5.41) is 23.3. The van der Waals surface area contributed by atoms with Gasteiger partial charge in [-0.3, -0.25) is 0 Å². The number of methoxy groups -OCH3 is 2. The van der Waals surface area contributed by atoms with Crippen molar-refractivity contribution in [3.8, 4) is 23.0 Å². The number of carbonyl (C=O) groups is 1. The summed E-state index contributed by atoms with van der Waals surface area (Å²) in [7, 11) is 3.00. The number of ether oxygens (including phenoxy) is 3. The average Bonchev–Trinajstić information content (AvgIpc) is 3.39. The van der Waals surface area contributed by atoms with Gasteiger partial charge < -0.3 is 34.6 Å². The molecule has 3 aromatic rings. The molecule has 0 bridgehead atoms. The van der Waals surface area contributed by atoms with Gasteiger partial charge in [0.25, 0.3) is 0 Å². The zero-order chi connectivity index (χ0) is 25.5. The standard InChI is InChI=1S/C26H30N4O6/c1-34-22-12-17(6-7-25(32)33)19(14-21(22)31)29-26-18-13-24(23(35-2)15-20(18)27-16-28-26)36-11-5-10-30-8-3-4-9-30/h6-7,12-16,31H,3-5,8-11H2,1-2H3,(H,32,33)(H,27,28,29)/b7-6+. The lowest BCUT2D eigenvalue weighted by molar-refractivity contribution is -0.131. The minimum Gasteiger partial charge on any atom is -0.504 e. The first-order valence-corrected chi connectivity index (χ1v) is 11.8. The zero-order valence-electron chi connectivity index (χ0n) is 20.4. The van der Waals surface area contributed by atoms with E-state index in [4.69, 9.17) is 19.3 Å². The van der Waals surface area contributed by atoms with E-state index in [0.717, 1.165) is 32.1 Å². The minimum atomic E-state index is -1.10. The van der Waals surface area contributed by atoms with Crippen LogP contribution in [0, 0.1) is 0 Å². The SMILES string of the molecule is COc1cc(/C=C/C(=O)O)c(Nc2ncnc3cc(OC)c(OCCCN4CCCC4)cc23)cc1O. The van der Waals surface area contributed by atoms with Gasteiger partial charge in [-0.05, 0) is 50.6 Å². The number of aromatic hydroxyl groups is 1. The van der Waals surface area contributed by atoms with Crippen molar-refractivity contribution in [3.63, 3.8) is 0 Å². The van der Waals surface area contributed by atoms with Crippen molar-refractivity contribution < 1.29 is 29.2 Å². The molecule has 36 heavy (non-hydrogen) atoms. The van der Waals surface area contributed by atoms with Crippen LogP contribution in [-0.4, -0.2) is 71.5 Å². The van der Waals surface area contributed by atoms with Gasteiger partial charge in [0.1, 0.15) is 12.1 Å². The highest BCUT2D eigenvalue weighted by Crippen LogP contribution is 2.38. The number of benzene rings is 2. The Morgan fingerprint density at radius 1 is 1.08 bits per heavy atom. The van der Waals surface area contributed by atoms with Crippen LogP contribution in [0.4, 0.5) is 11.5 Å². The minimum absolute atomic E-state index is 0.102. The summed E-state index contributed by atoms with van der Waals surface area (Å²) in [6, 6.07) is 6.60. The number of aromatic nitrogens is 2. The first-order valence-electron chi connectivity index (χ1n) is 11.8. The summed E-state index contributed by atoms with van der Waals surface area (Å²) < 4.78 is 16.8. The normalized spacial score (nSPS) is 13.8. The monoisotopic (exact) mass is 494 g/mol. The molecule has 0 atom stereocenters. The van der Waals surface area contributed by atoms with E-state index < -0.39 is 5.97 Å². The molecule has 190 valence electrons. The first kappa shape index (κ1) is 25.1. The maximum atomic E-state index is 11.1. The smallest absolute Gasteiger partial charge is 0.328 e. The average molecular weight is 495 g/mol. The van der Waals surface area contributed by atoms with Crippen LogP contribution in [-0.2, 0) is 4.79 Å². The van der Waals surface area contributed by atoms with Gasteiger partial charge in [-0.25, -0.2) is 14.8 Å². The lowest BCUT2D eigenvalue weighted by Gasteiger charge is -2.17. The van der Waals surface area contributed by atoms with Crippen molar-refractivity contribution in [3.05, 3.63) is 42.2 Å². The number of aliphatic carboxylic acids is 1. The number of anilines is 2. The summed E-state index contributed by atoms with van der Waals surface area (Å²) in [5.74, 6) is 0.619. The fourth-order valence-electron chi connectivity index (χ4n) is 4.19. The van der Waals surface area contributed by atoms with Gasteiger partial charge in [-0.1, -0.05) is 0 Å². The molecule has 1 aliphatic rings. The number of carboxylic acids is 1. The van der Waals surface area contributed by atoms with Crippen molar-refractivity contribution >= 4 is 34.5 Å². The van der Waals surface area contributed by atoms with Crippen LogP contribution in [0.5, 0.6) is 23.0 Å². The maximum absolute atomic E-state index is 11.1. The van der Waals surface area contributed by atoms with Gasteiger partial charge in [0.05, 0.1) is 32.0 Å². The summed E-state index contributed by atoms with van der Waals surface area (Å²) in [6.45, 7) is 3.84. The van der Waals surface area contributed by atoms with E-state index >= 15 is 0 Å². The number of hydrogen-bond donors (Lipinski definition) is 3. The van der Waals surface area contributed by atoms with E-state index in [-0.39, 0.29) is 11.5 Å². The molecule has 0 amide bonds. The second kappa shape index (κ2) is 11.6. The molecular formula is C26H30N4O6. The highest BCUT2D eigenvalue weighted by molar-refractivity contribution is 5.94. The Kier molecular flexibility index (Phi) is 8.06. The molecule has 0 aliphatic carbocycles. The van der Waals surface area contributed by atoms with Gasteiger partial charge in [0, 0.05) is 35.7 Å². The first-order chi connectivity index (χ1) is 17.5. The molecule has 10 heteroatoms. The molecule has 1 aliphatic heterocycles. The van der Waals surface area contributed by atoms with Crippen molar-refractivity contribution in [1.29, 1.82) is 0 Å². The fraction of sp³-hybridized carbons (Fsp3) is 0.346. The van der Waals surface area contributed by atoms with E-state index in [1.807, 2.05) is 6.07 Å². The maximum Gasteiger partial charge on any atom is 0.328 e. The van der Waals surface area contributed by atoms with Crippen LogP contribution in [0.15, 0.2) is 36.7 Å². The predicted octanol–water partition coefficient (Wildman–Crippen LogP) is 4.06. The summed E-state index contributed by atoms with van der Waals surface area (Å²) in [4.78, 5) is 22.3. The van der Waals surface area contributed by atoms with Crippen LogP contribution >= 0.6 is 0 Å². The second-order valence-corrected chi connectivity index (χ2v) is 8.40. The molecule has 4 rings (SSSR count). The Hall–Kier alpha value is -4.05. The summed E-state index contributed by atoms with van der Waals surface area (Å²) in [5.41, 5.74) is 1.56. The van der Waals surface area contributed by atoms with Crippen LogP contribution in [0.3, 0.4) is 0 Å². The molecule has 1 fully saturated rings. The quantitative estimate of drug-likeness (QED) is 0.265. The van der Waals surface area contributed by atoms with E-state index in [2.05, 4.69) is 20.2 Å². The zero-order valence-corrected chi connectivity index (χ0v) is 20.4. The molecule has 0 spiro atoms. The fourth-order valence-corrected chi connectivity index (χ4v) is 4.19. The molecule has 1 aromatic heterocycles. The number of nitrogens with one attached hydrogen (secondary N) is 1. The molecule has 0 radical (unpaired) electrons. The number of nitrogens with zero attached hydrogens (tertiary/aromatic N) is 3. The Bertz CT molecular complexity index is 1260. The number of fused-ring (bicyclic) bond motifs is 1. The third-order valence-electron chi connectivity index (χ3n) is 6.01. The van der Waals surface area contributed by atoms with Crippen LogP contribution in [0.2, 0.25) is 0 Å². The number of carboxylic acid groups (broad SMARTS) is 1. The van der Waals surface area contributed by atoms with E-state index in [1.165, 1.54) is 38.4 Å². The van der Waals surface area contributed by atoms with Crippen molar-refractivity contribution in [2.24, 2.45) is 0 Å². The molecule has 1 saturated heterocycles. The van der Waals surface area contributed by atoms with Gasteiger partial charge in [0.15, 0.2) is 23.0 Å². The van der Waals surface area contributed by atoms with Crippen LogP contribution in [0.1, 0.15) is 24.8 Å². The molecule has 3 N–H and O–H groups in total. The molecule has 0 unspecified atom stereocenters. The van der Waals surface area contributed by atoms with Crippen LogP contribution in [0.25, 0.3) is 17.0 Å². The third-order valence-corrected chi connectivity index (χ3v) is 6.01. The number of hydrogen-bond acceptors (Lipinski definition) is 9. The van der Waals surface area contributed by atoms with Crippen molar-refractivity contribution in [2.75, 3.05) is 45.8 Å². The Labute approximate surface area is 209 Å². The van der Waals surface area contributed by atoms with Gasteiger partial charge in [-0.2, -0.15) is 0 Å². The molecule has 2 heterocycles. The predicted molar refractivity (Wildman–Crippen MR) is 136 cm³/mol. The van der Waals surface area contributed by atoms with E-state index in [1.54, 1.807) is 19.2 Å². The number of phenols is 1. The van der Waals surface area contributed by atoms with E-state index in [9.17, 15) is 9.90 Å². The summed E-state index contributed by atoms with van der Waals surface area (Å²) in [6.07, 6.45) is 7.25. The largest absolute Gasteiger partial charge is 0.504 e. The molecule has 2 aromatic carbocycles. The highest BCUT2D eigenvalue weighted by atomic mass is 16.5. The lowest BCUT2D eigenvalue weighted by atomic mass is 10.1. The second-order valence-electron chi connectivity index (χ2n) is 8.40. The Morgan fingerprint density at radius 2 is 1.86 bits per heavy atom.